The number of hydrogen-bond acceptors (Lipinski definition) is 5. The van der Waals surface area contributed by atoms with Crippen molar-refractivity contribution in [3.63, 3.8) is 0 Å². The number of hydrogen-bond donors (Lipinski definition) is 1. The van der Waals surface area contributed by atoms with Gasteiger partial charge in [-0.3, -0.25) is 13.9 Å². The first kappa shape index (κ1) is 29.7. The third-order valence-corrected chi connectivity index (χ3v) is 8.43. The van der Waals surface area contributed by atoms with Crippen molar-refractivity contribution in [3.05, 3.63) is 89.0 Å². The molecule has 8 nitrogen and oxygen atoms in total. The molecule has 1 N–H and O–H groups in total. The summed E-state index contributed by atoms with van der Waals surface area (Å²) in [7, 11) is -1.02. The second-order valence-electron chi connectivity index (χ2n) is 9.52. The van der Waals surface area contributed by atoms with Crippen molar-refractivity contribution in [3.8, 4) is 5.75 Å². The number of methoxy groups -OCH3 is 1. The van der Waals surface area contributed by atoms with Crippen LogP contribution in [0.15, 0.2) is 71.6 Å². The van der Waals surface area contributed by atoms with Gasteiger partial charge in [-0.05, 0) is 68.7 Å². The monoisotopic (exact) mass is 551 g/mol. The first-order chi connectivity index (χ1) is 18.5. The Labute approximate surface area is 231 Å². The van der Waals surface area contributed by atoms with Crippen LogP contribution in [0.1, 0.15) is 35.6 Å². The summed E-state index contributed by atoms with van der Waals surface area (Å²) in [5.41, 5.74) is 3.81. The molecule has 39 heavy (non-hydrogen) atoms. The summed E-state index contributed by atoms with van der Waals surface area (Å²) >= 11 is 0. The Morgan fingerprint density at radius 1 is 0.923 bits per heavy atom. The van der Waals surface area contributed by atoms with E-state index >= 15 is 0 Å². The van der Waals surface area contributed by atoms with Crippen LogP contribution in [0.4, 0.5) is 5.69 Å². The number of carbonyl (C=O) groups is 2. The topological polar surface area (TPSA) is 96.0 Å². The fourth-order valence-corrected chi connectivity index (χ4v) is 5.93. The molecule has 2 amide bonds. The molecule has 3 aromatic carbocycles. The summed E-state index contributed by atoms with van der Waals surface area (Å²) in [4.78, 5) is 28.4. The van der Waals surface area contributed by atoms with E-state index in [1.54, 1.807) is 49.6 Å². The first-order valence-corrected chi connectivity index (χ1v) is 14.3. The van der Waals surface area contributed by atoms with Crippen molar-refractivity contribution in [2.75, 3.05) is 25.0 Å². The third-order valence-electron chi connectivity index (χ3n) is 6.65. The molecule has 1 atom stereocenters. The summed E-state index contributed by atoms with van der Waals surface area (Å²) in [6.07, 6.45) is 0.357. The summed E-state index contributed by atoms with van der Waals surface area (Å²) < 4.78 is 34.3. The van der Waals surface area contributed by atoms with E-state index in [2.05, 4.69) is 5.32 Å². The number of amides is 2. The highest BCUT2D eigenvalue weighted by molar-refractivity contribution is 7.92. The highest BCUT2D eigenvalue weighted by Crippen LogP contribution is 2.28. The number of carbonyl (C=O) groups excluding carboxylic acids is 2. The van der Waals surface area contributed by atoms with Crippen LogP contribution in [0, 0.1) is 20.8 Å². The van der Waals surface area contributed by atoms with Crippen LogP contribution in [0.25, 0.3) is 0 Å². The van der Waals surface area contributed by atoms with Crippen LogP contribution in [0.2, 0.25) is 0 Å². The summed E-state index contributed by atoms with van der Waals surface area (Å²) in [5, 5.41) is 2.63. The molecule has 0 radical (unpaired) electrons. The molecule has 208 valence electrons. The number of nitrogens with zero attached hydrogens (tertiary/aromatic N) is 2. The van der Waals surface area contributed by atoms with Gasteiger partial charge in [-0.1, -0.05) is 54.4 Å². The number of ether oxygens (including phenoxy) is 1. The Balaban J connectivity index is 2.08. The van der Waals surface area contributed by atoms with Crippen LogP contribution < -0.4 is 14.4 Å². The van der Waals surface area contributed by atoms with Gasteiger partial charge in [0.1, 0.15) is 18.3 Å². The highest BCUT2D eigenvalue weighted by atomic mass is 32.2. The van der Waals surface area contributed by atoms with Gasteiger partial charge in [0, 0.05) is 13.6 Å². The highest BCUT2D eigenvalue weighted by Gasteiger charge is 2.34. The Morgan fingerprint density at radius 2 is 1.54 bits per heavy atom. The Kier molecular flexibility index (Phi) is 9.75. The minimum Gasteiger partial charge on any atom is -0.497 e. The molecule has 0 aromatic heterocycles. The molecule has 0 bridgehead atoms. The van der Waals surface area contributed by atoms with Crippen molar-refractivity contribution in [2.45, 2.75) is 51.6 Å². The number of sulfonamides is 1. The van der Waals surface area contributed by atoms with Gasteiger partial charge >= 0.3 is 0 Å². The standard InChI is InChI=1S/C30H37N3O5S/c1-7-27(30(35)31-5)32(19-24-11-13-25(38-6)14-12-24)29(34)20-33(28-17-10-22(3)18-23(28)4)39(36,37)26-15-8-21(2)9-16-26/h8-18,27H,7,19-20H2,1-6H3,(H,31,35). The molecule has 0 saturated carbocycles. The fraction of sp³-hybridized carbons (Fsp3) is 0.333. The van der Waals surface area contributed by atoms with Crippen molar-refractivity contribution in [2.24, 2.45) is 0 Å². The molecule has 0 fully saturated rings. The van der Waals surface area contributed by atoms with E-state index in [0.29, 0.717) is 17.9 Å². The lowest BCUT2D eigenvalue weighted by atomic mass is 10.1. The smallest absolute Gasteiger partial charge is 0.264 e. The van der Waals surface area contributed by atoms with E-state index in [0.717, 1.165) is 26.6 Å². The van der Waals surface area contributed by atoms with E-state index in [1.807, 2.05) is 52.0 Å². The SMILES string of the molecule is CCC(C(=O)NC)N(Cc1ccc(OC)cc1)C(=O)CN(c1ccc(C)cc1C)S(=O)(=O)c1ccc(C)cc1. The van der Waals surface area contributed by atoms with Crippen molar-refractivity contribution in [1.29, 1.82) is 0 Å². The maximum absolute atomic E-state index is 14.0. The predicted molar refractivity (Wildman–Crippen MR) is 153 cm³/mol. The fourth-order valence-electron chi connectivity index (χ4n) is 4.45. The van der Waals surface area contributed by atoms with Crippen LogP contribution >= 0.6 is 0 Å². The molecule has 0 aliphatic rings. The normalized spacial score (nSPS) is 11.9. The molecule has 0 spiro atoms. The van der Waals surface area contributed by atoms with E-state index in [9.17, 15) is 18.0 Å². The van der Waals surface area contributed by atoms with E-state index in [4.69, 9.17) is 4.74 Å². The predicted octanol–water partition coefficient (Wildman–Crippen LogP) is 4.37. The zero-order chi connectivity index (χ0) is 28.7. The van der Waals surface area contributed by atoms with Gasteiger partial charge in [0.2, 0.25) is 11.8 Å². The van der Waals surface area contributed by atoms with Gasteiger partial charge in [-0.2, -0.15) is 0 Å². The van der Waals surface area contributed by atoms with Crippen LogP contribution in [-0.2, 0) is 26.2 Å². The first-order valence-electron chi connectivity index (χ1n) is 12.8. The van der Waals surface area contributed by atoms with Crippen molar-refractivity contribution >= 4 is 27.5 Å². The molecule has 0 saturated heterocycles. The van der Waals surface area contributed by atoms with Crippen LogP contribution in [0.3, 0.4) is 0 Å². The summed E-state index contributed by atoms with van der Waals surface area (Å²) in [6, 6.07) is 18.4. The number of aryl methyl sites for hydroxylation is 3. The minimum absolute atomic E-state index is 0.0842. The Bertz CT molecular complexity index is 1400. The van der Waals surface area contributed by atoms with E-state index < -0.39 is 28.5 Å². The molecule has 9 heteroatoms. The maximum Gasteiger partial charge on any atom is 0.264 e. The quantitative estimate of drug-likeness (QED) is 0.382. The van der Waals surface area contributed by atoms with Crippen molar-refractivity contribution < 1.29 is 22.7 Å². The lowest BCUT2D eigenvalue weighted by Gasteiger charge is -2.33. The minimum atomic E-state index is -4.11. The Morgan fingerprint density at radius 3 is 2.08 bits per heavy atom. The third kappa shape index (κ3) is 6.97. The number of rotatable bonds is 11. The van der Waals surface area contributed by atoms with Crippen LogP contribution in [0.5, 0.6) is 5.75 Å². The number of benzene rings is 3. The lowest BCUT2D eigenvalue weighted by Crippen LogP contribution is -2.51. The average molecular weight is 552 g/mol. The van der Waals surface area contributed by atoms with Gasteiger partial charge in [-0.15, -0.1) is 0 Å². The molecule has 1 unspecified atom stereocenters. The van der Waals surface area contributed by atoms with E-state index in [-0.39, 0.29) is 17.3 Å². The molecule has 0 aliphatic carbocycles. The van der Waals surface area contributed by atoms with Gasteiger partial charge in [-0.25, -0.2) is 8.42 Å². The van der Waals surface area contributed by atoms with Gasteiger partial charge in [0.15, 0.2) is 0 Å². The number of likely N-dealkylation sites (N-methyl/N-ethyl adjacent to an activating group) is 1. The number of nitrogens with one attached hydrogen (secondary N) is 1. The Hall–Kier alpha value is -3.85. The van der Waals surface area contributed by atoms with Gasteiger partial charge in [0.25, 0.3) is 10.0 Å². The average Bonchev–Trinajstić information content (AvgIpc) is 2.92. The molecular weight excluding hydrogens is 514 g/mol. The zero-order valence-electron chi connectivity index (χ0n) is 23.4. The molecular formula is C30H37N3O5S. The summed E-state index contributed by atoms with van der Waals surface area (Å²) in [5.74, 6) is -0.143. The number of anilines is 1. The molecule has 3 aromatic rings. The maximum atomic E-state index is 14.0. The van der Waals surface area contributed by atoms with Gasteiger partial charge in [0.05, 0.1) is 17.7 Å². The molecule has 3 rings (SSSR count). The van der Waals surface area contributed by atoms with E-state index in [1.165, 1.54) is 11.9 Å². The van der Waals surface area contributed by atoms with Gasteiger partial charge < -0.3 is 15.0 Å². The second kappa shape index (κ2) is 12.8. The van der Waals surface area contributed by atoms with Crippen LogP contribution in [-0.4, -0.2) is 51.9 Å². The zero-order valence-corrected chi connectivity index (χ0v) is 24.2. The second-order valence-corrected chi connectivity index (χ2v) is 11.4. The summed E-state index contributed by atoms with van der Waals surface area (Å²) in [6.45, 7) is 7.09. The van der Waals surface area contributed by atoms with Crippen molar-refractivity contribution in [1.82, 2.24) is 10.2 Å². The molecule has 0 heterocycles. The lowest BCUT2D eigenvalue weighted by molar-refractivity contribution is -0.140. The largest absolute Gasteiger partial charge is 0.497 e. The molecule has 0 aliphatic heterocycles.